The molecule has 0 aromatic rings. The topological polar surface area (TPSA) is 12.0 Å². The fourth-order valence-corrected chi connectivity index (χ4v) is 3.14. The third-order valence-corrected chi connectivity index (χ3v) is 4.33. The first-order valence-electron chi connectivity index (χ1n) is 8.26. The minimum atomic E-state index is 0.483. The second-order valence-electron chi connectivity index (χ2n) is 7.41. The van der Waals surface area contributed by atoms with Crippen LogP contribution >= 0.6 is 0 Å². The lowest BCUT2D eigenvalue weighted by Crippen LogP contribution is -2.37. The highest BCUT2D eigenvalue weighted by Gasteiger charge is 2.23. The van der Waals surface area contributed by atoms with Crippen molar-refractivity contribution in [3.05, 3.63) is 0 Å². The lowest BCUT2D eigenvalue weighted by Gasteiger charge is -2.30. The third-order valence-electron chi connectivity index (χ3n) is 4.33. The normalized spacial score (nSPS) is 20.7. The summed E-state index contributed by atoms with van der Waals surface area (Å²) in [6.07, 6.45) is 12.8. The number of nitrogens with one attached hydrogen (secondary N) is 1. The zero-order valence-corrected chi connectivity index (χ0v) is 13.2. The van der Waals surface area contributed by atoms with Crippen LogP contribution in [0.4, 0.5) is 0 Å². The van der Waals surface area contributed by atoms with Gasteiger partial charge in [0.15, 0.2) is 0 Å². The highest BCUT2D eigenvalue weighted by Crippen LogP contribution is 2.30. The Hall–Kier alpha value is -0.0400. The highest BCUT2D eigenvalue weighted by molar-refractivity contribution is 4.80. The quantitative estimate of drug-likeness (QED) is 0.645. The predicted molar refractivity (Wildman–Crippen MR) is 82.0 cm³/mol. The minimum Gasteiger partial charge on any atom is -0.314 e. The molecule has 108 valence electrons. The number of hydrogen-bond donors (Lipinski definition) is 1. The average Bonchev–Trinajstić information content (AvgIpc) is 2.56. The summed E-state index contributed by atoms with van der Waals surface area (Å²) in [6.45, 7) is 10.6. The van der Waals surface area contributed by atoms with Gasteiger partial charge in [-0.2, -0.15) is 0 Å². The van der Waals surface area contributed by atoms with Crippen molar-refractivity contribution >= 4 is 0 Å². The van der Waals surface area contributed by atoms with E-state index in [0.29, 0.717) is 5.41 Å². The van der Waals surface area contributed by atoms with Gasteiger partial charge in [-0.05, 0) is 50.0 Å². The Balaban J connectivity index is 2.46. The van der Waals surface area contributed by atoms with Crippen LogP contribution < -0.4 is 5.32 Å². The smallest absolute Gasteiger partial charge is 0.00955 e. The SMILES string of the molecule is CCCNC(CCC(C)(C)C)C1CCCCCC1. The van der Waals surface area contributed by atoms with Gasteiger partial charge in [0.25, 0.3) is 0 Å². The second-order valence-corrected chi connectivity index (χ2v) is 7.41. The standard InChI is InChI=1S/C17H35N/c1-5-14-18-16(12-13-17(2,3)4)15-10-8-6-7-9-11-15/h15-16,18H,5-14H2,1-4H3. The maximum atomic E-state index is 3.84. The summed E-state index contributed by atoms with van der Waals surface area (Å²) in [5.41, 5.74) is 0.483. The molecule has 1 unspecified atom stereocenters. The zero-order valence-electron chi connectivity index (χ0n) is 13.2. The van der Waals surface area contributed by atoms with E-state index in [0.717, 1.165) is 12.0 Å². The second kappa shape index (κ2) is 8.19. The van der Waals surface area contributed by atoms with Gasteiger partial charge in [0.1, 0.15) is 0 Å². The van der Waals surface area contributed by atoms with Crippen molar-refractivity contribution in [1.82, 2.24) is 5.32 Å². The van der Waals surface area contributed by atoms with E-state index < -0.39 is 0 Å². The minimum absolute atomic E-state index is 0.483. The molecule has 0 aromatic carbocycles. The molecule has 0 saturated heterocycles. The largest absolute Gasteiger partial charge is 0.314 e. The molecule has 0 aliphatic heterocycles. The maximum absolute atomic E-state index is 3.84. The third kappa shape index (κ3) is 6.78. The van der Waals surface area contributed by atoms with E-state index in [2.05, 4.69) is 33.0 Å². The van der Waals surface area contributed by atoms with Crippen molar-refractivity contribution < 1.29 is 0 Å². The summed E-state index contributed by atoms with van der Waals surface area (Å²) in [5, 5.41) is 3.84. The summed E-state index contributed by atoms with van der Waals surface area (Å²) in [5.74, 6) is 0.946. The van der Waals surface area contributed by atoms with Crippen molar-refractivity contribution in [1.29, 1.82) is 0 Å². The van der Waals surface area contributed by atoms with Gasteiger partial charge in [0, 0.05) is 6.04 Å². The molecule has 1 heteroatoms. The van der Waals surface area contributed by atoms with Gasteiger partial charge in [0.2, 0.25) is 0 Å². The fraction of sp³-hybridized carbons (Fsp3) is 1.00. The van der Waals surface area contributed by atoms with Gasteiger partial charge >= 0.3 is 0 Å². The Morgan fingerprint density at radius 3 is 2.17 bits per heavy atom. The lowest BCUT2D eigenvalue weighted by molar-refractivity contribution is 0.260. The van der Waals surface area contributed by atoms with Gasteiger partial charge in [-0.3, -0.25) is 0 Å². The van der Waals surface area contributed by atoms with Crippen molar-refractivity contribution in [3.8, 4) is 0 Å². The molecule has 0 aromatic heterocycles. The molecule has 1 N–H and O–H groups in total. The first-order valence-corrected chi connectivity index (χ1v) is 8.26. The van der Waals surface area contributed by atoms with E-state index in [4.69, 9.17) is 0 Å². The van der Waals surface area contributed by atoms with Crippen molar-refractivity contribution in [2.24, 2.45) is 11.3 Å². The van der Waals surface area contributed by atoms with Crippen LogP contribution in [0, 0.1) is 11.3 Å². The van der Waals surface area contributed by atoms with E-state index in [1.54, 1.807) is 0 Å². The van der Waals surface area contributed by atoms with Crippen LogP contribution in [0.3, 0.4) is 0 Å². The molecule has 0 radical (unpaired) electrons. The molecule has 0 heterocycles. The van der Waals surface area contributed by atoms with Crippen LogP contribution in [0.2, 0.25) is 0 Å². The van der Waals surface area contributed by atoms with Crippen LogP contribution in [-0.4, -0.2) is 12.6 Å². The number of rotatable bonds is 6. The molecule has 1 rings (SSSR count). The fourth-order valence-electron chi connectivity index (χ4n) is 3.14. The number of hydrogen-bond acceptors (Lipinski definition) is 1. The van der Waals surface area contributed by atoms with Gasteiger partial charge < -0.3 is 5.32 Å². The Labute approximate surface area is 115 Å². The Morgan fingerprint density at radius 2 is 1.67 bits per heavy atom. The van der Waals surface area contributed by atoms with Crippen molar-refractivity contribution in [3.63, 3.8) is 0 Å². The molecule has 1 atom stereocenters. The summed E-state index contributed by atoms with van der Waals surface area (Å²) in [6, 6.07) is 0.780. The first-order chi connectivity index (χ1) is 8.53. The van der Waals surface area contributed by atoms with E-state index >= 15 is 0 Å². The average molecular weight is 253 g/mol. The molecule has 1 saturated carbocycles. The van der Waals surface area contributed by atoms with E-state index in [1.165, 1.54) is 64.3 Å². The summed E-state index contributed by atoms with van der Waals surface area (Å²) in [7, 11) is 0. The van der Waals surface area contributed by atoms with Gasteiger partial charge in [-0.15, -0.1) is 0 Å². The monoisotopic (exact) mass is 253 g/mol. The van der Waals surface area contributed by atoms with Crippen LogP contribution in [0.1, 0.15) is 85.5 Å². The van der Waals surface area contributed by atoms with Crippen LogP contribution in [0.15, 0.2) is 0 Å². The lowest BCUT2D eigenvalue weighted by atomic mass is 9.83. The van der Waals surface area contributed by atoms with Crippen LogP contribution in [-0.2, 0) is 0 Å². The molecular formula is C17H35N. The molecule has 0 spiro atoms. The predicted octanol–water partition coefficient (Wildman–Crippen LogP) is 5.15. The molecule has 1 fully saturated rings. The van der Waals surface area contributed by atoms with Crippen LogP contribution in [0.5, 0.6) is 0 Å². The highest BCUT2D eigenvalue weighted by atomic mass is 14.9. The first kappa shape index (κ1) is 16.0. The van der Waals surface area contributed by atoms with Crippen molar-refractivity contribution in [2.75, 3.05) is 6.54 Å². The van der Waals surface area contributed by atoms with Crippen LogP contribution in [0.25, 0.3) is 0 Å². The Morgan fingerprint density at radius 1 is 1.06 bits per heavy atom. The zero-order chi connectivity index (χ0) is 13.4. The molecule has 0 amide bonds. The van der Waals surface area contributed by atoms with Gasteiger partial charge in [0.05, 0.1) is 0 Å². The molecule has 0 bridgehead atoms. The van der Waals surface area contributed by atoms with Crippen molar-refractivity contribution in [2.45, 2.75) is 91.5 Å². The molecule has 1 aliphatic carbocycles. The summed E-state index contributed by atoms with van der Waals surface area (Å²) >= 11 is 0. The van der Waals surface area contributed by atoms with E-state index in [1.807, 2.05) is 0 Å². The molecule has 18 heavy (non-hydrogen) atoms. The van der Waals surface area contributed by atoms with Gasteiger partial charge in [-0.1, -0.05) is 53.4 Å². The van der Waals surface area contributed by atoms with E-state index in [-0.39, 0.29) is 0 Å². The Bertz CT molecular complexity index is 196. The van der Waals surface area contributed by atoms with E-state index in [9.17, 15) is 0 Å². The molecule has 1 nitrogen and oxygen atoms in total. The Kier molecular flexibility index (Phi) is 7.29. The maximum Gasteiger partial charge on any atom is 0.00955 e. The van der Waals surface area contributed by atoms with Gasteiger partial charge in [-0.25, -0.2) is 0 Å². The summed E-state index contributed by atoms with van der Waals surface area (Å²) < 4.78 is 0. The molecule has 1 aliphatic rings. The summed E-state index contributed by atoms with van der Waals surface area (Å²) in [4.78, 5) is 0. The molecular weight excluding hydrogens is 218 g/mol.